The molecule has 0 saturated carbocycles. The first kappa shape index (κ1) is 23.3. The molecule has 2 aromatic heterocycles. The van der Waals surface area contributed by atoms with Gasteiger partial charge in [0.15, 0.2) is 5.76 Å². The van der Waals surface area contributed by atoms with Gasteiger partial charge in [-0.3, -0.25) is 9.48 Å². The van der Waals surface area contributed by atoms with Crippen molar-refractivity contribution in [1.82, 2.24) is 30.2 Å². The van der Waals surface area contributed by atoms with Crippen LogP contribution < -0.4 is 10.1 Å². The van der Waals surface area contributed by atoms with Crippen molar-refractivity contribution in [2.75, 3.05) is 13.7 Å². The van der Waals surface area contributed by atoms with E-state index in [1.165, 1.54) is 6.20 Å². The molecule has 4 rings (SSSR count). The number of methoxy groups -OCH3 is 1. The summed E-state index contributed by atoms with van der Waals surface area (Å²) in [6.07, 6.45) is 4.87. The third-order valence-electron chi connectivity index (χ3n) is 5.32. The molecule has 11 heteroatoms. The highest BCUT2D eigenvalue weighted by molar-refractivity contribution is 5.90. The summed E-state index contributed by atoms with van der Waals surface area (Å²) in [7, 11) is 1.56. The van der Waals surface area contributed by atoms with E-state index in [1.807, 2.05) is 39.0 Å². The van der Waals surface area contributed by atoms with Crippen molar-refractivity contribution in [3.63, 3.8) is 0 Å². The monoisotopic (exact) mass is 468 g/mol. The Kier molecular flexibility index (Phi) is 6.53. The van der Waals surface area contributed by atoms with Gasteiger partial charge in [-0.05, 0) is 39.3 Å². The van der Waals surface area contributed by atoms with Crippen LogP contribution in [0.15, 0.2) is 47.3 Å². The number of amides is 2. The molecule has 34 heavy (non-hydrogen) atoms. The second-order valence-electron chi connectivity index (χ2n) is 9.05. The molecule has 1 N–H and O–H groups in total. The Balaban J connectivity index is 1.46. The zero-order chi connectivity index (χ0) is 24.3. The highest BCUT2D eigenvalue weighted by Gasteiger charge is 2.39. The number of oxazole rings is 1. The Labute approximate surface area is 197 Å². The molecule has 1 fully saturated rings. The number of aromatic nitrogens is 4. The molecule has 0 aliphatic carbocycles. The van der Waals surface area contributed by atoms with E-state index in [9.17, 15) is 9.59 Å². The fourth-order valence-electron chi connectivity index (χ4n) is 3.88. The number of benzene rings is 1. The summed E-state index contributed by atoms with van der Waals surface area (Å²) in [6, 6.07) is 6.78. The Morgan fingerprint density at radius 3 is 2.76 bits per heavy atom. The number of rotatable bonds is 6. The zero-order valence-electron chi connectivity index (χ0n) is 19.6. The Morgan fingerprint density at radius 1 is 1.26 bits per heavy atom. The second-order valence-corrected chi connectivity index (χ2v) is 9.05. The summed E-state index contributed by atoms with van der Waals surface area (Å²) in [4.78, 5) is 31.4. The lowest BCUT2D eigenvalue weighted by atomic mass is 10.1. The first-order chi connectivity index (χ1) is 16.2. The van der Waals surface area contributed by atoms with E-state index >= 15 is 0 Å². The average Bonchev–Trinajstić information content (AvgIpc) is 3.54. The number of para-hydroxylation sites is 1. The van der Waals surface area contributed by atoms with E-state index in [0.717, 1.165) is 0 Å². The van der Waals surface area contributed by atoms with Crippen LogP contribution in [0.25, 0.3) is 11.3 Å². The predicted molar refractivity (Wildman–Crippen MR) is 121 cm³/mol. The van der Waals surface area contributed by atoms with Crippen LogP contribution in [-0.2, 0) is 11.3 Å². The predicted octanol–water partition coefficient (Wildman–Crippen LogP) is 2.75. The van der Waals surface area contributed by atoms with Gasteiger partial charge in [-0.25, -0.2) is 9.78 Å². The minimum atomic E-state index is -0.636. The summed E-state index contributed by atoms with van der Waals surface area (Å²) in [5.74, 6) is 0.514. The normalized spacial score (nSPS) is 18.1. The van der Waals surface area contributed by atoms with Gasteiger partial charge in [-0.15, -0.1) is 5.10 Å². The average molecular weight is 469 g/mol. The van der Waals surface area contributed by atoms with Crippen molar-refractivity contribution < 1.29 is 23.5 Å². The van der Waals surface area contributed by atoms with E-state index in [2.05, 4.69) is 20.6 Å². The number of nitrogens with one attached hydrogen (secondary N) is 1. The fourth-order valence-corrected chi connectivity index (χ4v) is 3.88. The number of carbonyl (C=O) groups is 2. The molecule has 0 spiro atoms. The highest BCUT2D eigenvalue weighted by atomic mass is 16.6. The number of hydrogen-bond donors (Lipinski definition) is 1. The summed E-state index contributed by atoms with van der Waals surface area (Å²) in [5.41, 5.74) is 0.0600. The SMILES string of the molecule is COc1ccccc1-c1cnc(C(=O)N[C@@H]2C[C@@H](Cn3ccnn3)N(C(=O)OC(C)(C)C)C2)o1. The molecule has 2 amide bonds. The van der Waals surface area contributed by atoms with E-state index in [1.54, 1.807) is 35.2 Å². The molecule has 3 heterocycles. The molecule has 180 valence electrons. The van der Waals surface area contributed by atoms with E-state index in [-0.39, 0.29) is 18.0 Å². The minimum absolute atomic E-state index is 0.0653. The van der Waals surface area contributed by atoms with Gasteiger partial charge in [0.05, 0.1) is 37.7 Å². The molecule has 0 bridgehead atoms. The van der Waals surface area contributed by atoms with Crippen LogP contribution in [-0.4, -0.2) is 68.2 Å². The van der Waals surface area contributed by atoms with E-state index in [0.29, 0.717) is 36.6 Å². The van der Waals surface area contributed by atoms with Crippen molar-refractivity contribution in [2.24, 2.45) is 0 Å². The number of likely N-dealkylation sites (tertiary alicyclic amines) is 1. The van der Waals surface area contributed by atoms with Crippen LogP contribution in [0, 0.1) is 0 Å². The molecule has 1 aliphatic rings. The first-order valence-electron chi connectivity index (χ1n) is 11.0. The van der Waals surface area contributed by atoms with Gasteiger partial charge < -0.3 is 24.1 Å². The van der Waals surface area contributed by atoms with Gasteiger partial charge in [0.2, 0.25) is 0 Å². The number of ether oxygens (including phenoxy) is 2. The quantitative estimate of drug-likeness (QED) is 0.586. The van der Waals surface area contributed by atoms with Crippen LogP contribution in [0.4, 0.5) is 4.79 Å². The third kappa shape index (κ3) is 5.36. The molecular formula is C23H28N6O5. The summed E-state index contributed by atoms with van der Waals surface area (Å²) < 4.78 is 18.3. The van der Waals surface area contributed by atoms with Gasteiger partial charge in [-0.2, -0.15) is 0 Å². The van der Waals surface area contributed by atoms with Crippen LogP contribution in [0.2, 0.25) is 0 Å². The maximum absolute atomic E-state index is 12.9. The molecule has 1 saturated heterocycles. The van der Waals surface area contributed by atoms with Gasteiger partial charge in [-0.1, -0.05) is 17.3 Å². The standard InChI is InChI=1S/C23H28N6O5/c1-23(2,3)34-22(31)29-13-15(11-16(29)14-28-10-9-25-27-28)26-20(30)21-24-12-19(33-21)17-7-5-6-8-18(17)32-4/h5-10,12,15-16H,11,13-14H2,1-4H3,(H,26,30)/t15-,16+/m1/s1. The second kappa shape index (κ2) is 9.54. The number of hydrogen-bond acceptors (Lipinski definition) is 8. The van der Waals surface area contributed by atoms with Crippen LogP contribution in [0.5, 0.6) is 5.75 Å². The summed E-state index contributed by atoms with van der Waals surface area (Å²) >= 11 is 0. The maximum Gasteiger partial charge on any atom is 0.410 e. The van der Waals surface area contributed by atoms with Gasteiger partial charge in [0.25, 0.3) is 5.89 Å². The maximum atomic E-state index is 12.9. The van der Waals surface area contributed by atoms with Crippen molar-refractivity contribution in [1.29, 1.82) is 0 Å². The lowest BCUT2D eigenvalue weighted by Gasteiger charge is -2.28. The van der Waals surface area contributed by atoms with Gasteiger partial charge in [0.1, 0.15) is 11.4 Å². The van der Waals surface area contributed by atoms with Crippen molar-refractivity contribution in [3.8, 4) is 17.1 Å². The molecule has 2 atom stereocenters. The molecular weight excluding hydrogens is 440 g/mol. The lowest BCUT2D eigenvalue weighted by Crippen LogP contribution is -2.43. The fraction of sp³-hybridized carbons (Fsp3) is 0.435. The van der Waals surface area contributed by atoms with E-state index in [4.69, 9.17) is 13.9 Å². The molecule has 1 aliphatic heterocycles. The lowest BCUT2D eigenvalue weighted by molar-refractivity contribution is 0.0207. The molecule has 1 aromatic carbocycles. The summed E-state index contributed by atoms with van der Waals surface area (Å²) in [6.45, 7) is 6.17. The minimum Gasteiger partial charge on any atom is -0.496 e. The number of nitrogens with zero attached hydrogens (tertiary/aromatic N) is 5. The Morgan fingerprint density at radius 2 is 2.06 bits per heavy atom. The Bertz CT molecular complexity index is 1140. The molecule has 11 nitrogen and oxygen atoms in total. The zero-order valence-corrected chi connectivity index (χ0v) is 19.6. The molecule has 3 aromatic rings. The number of carbonyl (C=O) groups excluding carboxylic acids is 2. The largest absolute Gasteiger partial charge is 0.496 e. The van der Waals surface area contributed by atoms with Crippen molar-refractivity contribution >= 4 is 12.0 Å². The first-order valence-corrected chi connectivity index (χ1v) is 11.0. The summed E-state index contributed by atoms with van der Waals surface area (Å²) in [5, 5.41) is 10.7. The highest BCUT2D eigenvalue weighted by Crippen LogP contribution is 2.30. The van der Waals surface area contributed by atoms with E-state index < -0.39 is 17.6 Å². The van der Waals surface area contributed by atoms with Crippen molar-refractivity contribution in [2.45, 2.75) is 51.4 Å². The Hall–Kier alpha value is -3.89. The van der Waals surface area contributed by atoms with Crippen molar-refractivity contribution in [3.05, 3.63) is 48.7 Å². The third-order valence-corrected chi connectivity index (χ3v) is 5.32. The molecule has 0 radical (unpaired) electrons. The van der Waals surface area contributed by atoms with Crippen LogP contribution >= 0.6 is 0 Å². The topological polar surface area (TPSA) is 125 Å². The smallest absolute Gasteiger partial charge is 0.410 e. The molecule has 0 unspecified atom stereocenters. The van der Waals surface area contributed by atoms with Gasteiger partial charge >= 0.3 is 12.0 Å². The van der Waals surface area contributed by atoms with Crippen LogP contribution in [0.3, 0.4) is 0 Å². The van der Waals surface area contributed by atoms with Crippen LogP contribution in [0.1, 0.15) is 37.9 Å². The van der Waals surface area contributed by atoms with Gasteiger partial charge in [0, 0.05) is 18.8 Å².